The fourth-order valence-electron chi connectivity index (χ4n) is 4.06. The molecule has 1 saturated heterocycles. The molecule has 1 fully saturated rings. The number of nitrogens with zero attached hydrogens (tertiary/aromatic N) is 2. The quantitative estimate of drug-likeness (QED) is 0.579. The van der Waals surface area contributed by atoms with Crippen LogP contribution in [0.3, 0.4) is 0 Å². The largest absolute Gasteiger partial charge is 0.487 e. The van der Waals surface area contributed by atoms with Crippen LogP contribution in [0.15, 0.2) is 47.4 Å². The average molecular weight is 402 g/mol. The summed E-state index contributed by atoms with van der Waals surface area (Å²) < 4.78 is 33.9. The molecule has 4 rings (SSSR count). The van der Waals surface area contributed by atoms with E-state index in [2.05, 4.69) is 6.07 Å². The monoisotopic (exact) mass is 402 g/mol. The van der Waals surface area contributed by atoms with Crippen LogP contribution < -0.4 is 4.74 Å². The van der Waals surface area contributed by atoms with E-state index in [4.69, 9.17) is 4.74 Å². The van der Waals surface area contributed by atoms with Crippen LogP contribution in [0.5, 0.6) is 5.75 Å². The molecule has 28 heavy (non-hydrogen) atoms. The van der Waals surface area contributed by atoms with Gasteiger partial charge in [-0.15, -0.1) is 0 Å². The van der Waals surface area contributed by atoms with E-state index in [-0.39, 0.29) is 16.2 Å². The topological polar surface area (TPSA) is 89.8 Å². The van der Waals surface area contributed by atoms with Gasteiger partial charge in [0.05, 0.1) is 9.82 Å². The highest BCUT2D eigenvalue weighted by Crippen LogP contribution is 2.40. The summed E-state index contributed by atoms with van der Waals surface area (Å²) >= 11 is 0. The molecule has 0 aromatic heterocycles. The van der Waals surface area contributed by atoms with Crippen LogP contribution in [-0.2, 0) is 16.4 Å². The van der Waals surface area contributed by atoms with Gasteiger partial charge in [0, 0.05) is 38.1 Å². The minimum atomic E-state index is -3.79. The summed E-state index contributed by atoms with van der Waals surface area (Å²) in [7, 11) is -3.79. The van der Waals surface area contributed by atoms with Gasteiger partial charge in [0.25, 0.3) is 5.69 Å². The first kappa shape index (κ1) is 18.9. The first-order valence-electron chi connectivity index (χ1n) is 9.33. The highest BCUT2D eigenvalue weighted by atomic mass is 32.2. The van der Waals surface area contributed by atoms with Crippen molar-refractivity contribution in [2.75, 3.05) is 13.1 Å². The van der Waals surface area contributed by atoms with Crippen LogP contribution in [0.2, 0.25) is 0 Å². The summed E-state index contributed by atoms with van der Waals surface area (Å²) in [6, 6.07) is 11.9. The first-order chi connectivity index (χ1) is 13.3. The van der Waals surface area contributed by atoms with Crippen molar-refractivity contribution in [2.24, 2.45) is 0 Å². The summed E-state index contributed by atoms with van der Waals surface area (Å²) in [5, 5.41) is 11.1. The smallest absolute Gasteiger partial charge is 0.270 e. The number of non-ortho nitro benzene ring substituents is 1. The number of nitro benzene ring substituents is 1. The molecule has 0 amide bonds. The number of ether oxygens (including phenoxy) is 1. The number of piperidine rings is 1. The average Bonchev–Trinajstić information content (AvgIpc) is 2.68. The van der Waals surface area contributed by atoms with Crippen molar-refractivity contribution in [3.05, 3.63) is 63.7 Å². The fraction of sp³-hybridized carbons (Fsp3) is 0.400. The molecule has 0 unspecified atom stereocenters. The molecule has 1 spiro atoms. The number of hydrogen-bond donors (Lipinski definition) is 0. The molecule has 2 heterocycles. The van der Waals surface area contributed by atoms with Crippen LogP contribution in [0.25, 0.3) is 0 Å². The number of para-hydroxylation sites is 1. The van der Waals surface area contributed by atoms with Crippen molar-refractivity contribution in [1.82, 2.24) is 4.31 Å². The van der Waals surface area contributed by atoms with Gasteiger partial charge in [-0.25, -0.2) is 8.42 Å². The number of aryl methyl sites for hydroxylation is 2. The van der Waals surface area contributed by atoms with E-state index in [1.165, 1.54) is 22.0 Å². The summed E-state index contributed by atoms with van der Waals surface area (Å²) in [6.45, 7) is 2.34. The van der Waals surface area contributed by atoms with E-state index < -0.39 is 14.9 Å². The Morgan fingerprint density at radius 2 is 1.82 bits per heavy atom. The van der Waals surface area contributed by atoms with Crippen molar-refractivity contribution in [2.45, 2.75) is 43.1 Å². The van der Waals surface area contributed by atoms with Gasteiger partial charge in [-0.05, 0) is 37.0 Å². The zero-order valence-corrected chi connectivity index (χ0v) is 16.4. The molecule has 7 nitrogen and oxygen atoms in total. The van der Waals surface area contributed by atoms with Crippen LogP contribution in [-0.4, -0.2) is 36.3 Å². The molecular formula is C20H22N2O5S. The van der Waals surface area contributed by atoms with Crippen molar-refractivity contribution in [1.29, 1.82) is 0 Å². The van der Waals surface area contributed by atoms with Gasteiger partial charge in [-0.3, -0.25) is 10.1 Å². The Morgan fingerprint density at radius 3 is 2.54 bits per heavy atom. The lowest BCUT2D eigenvalue weighted by molar-refractivity contribution is -0.385. The molecule has 148 valence electrons. The number of rotatable bonds is 3. The fourth-order valence-corrected chi connectivity index (χ4v) is 5.75. The third-order valence-electron chi connectivity index (χ3n) is 5.78. The minimum absolute atomic E-state index is 0.00700. The highest BCUT2D eigenvalue weighted by molar-refractivity contribution is 7.89. The lowest BCUT2D eigenvalue weighted by atomic mass is 9.84. The van der Waals surface area contributed by atoms with Gasteiger partial charge in [0.1, 0.15) is 11.4 Å². The molecule has 8 heteroatoms. The molecule has 2 aliphatic heterocycles. The lowest BCUT2D eigenvalue weighted by Gasteiger charge is -2.44. The van der Waals surface area contributed by atoms with Crippen LogP contribution in [0, 0.1) is 17.0 Å². The normalized spacial score (nSPS) is 19.0. The van der Waals surface area contributed by atoms with Crippen molar-refractivity contribution >= 4 is 15.7 Å². The van der Waals surface area contributed by atoms with Crippen LogP contribution in [0.1, 0.15) is 30.4 Å². The molecule has 0 aliphatic carbocycles. The lowest BCUT2D eigenvalue weighted by Crippen LogP contribution is -2.51. The molecule has 2 aromatic rings. The van der Waals surface area contributed by atoms with Gasteiger partial charge in [-0.1, -0.05) is 24.3 Å². The SMILES string of the molecule is Cc1ccc([N+](=O)[O-])cc1S(=O)(=O)N1CCC2(CCc3ccccc3O2)CC1. The standard InChI is InChI=1S/C20H22N2O5S/c1-15-6-7-17(22(23)24)14-19(15)28(25,26)21-12-10-20(11-13-21)9-8-16-4-2-3-5-18(16)27-20/h2-7,14H,8-13H2,1H3. The number of nitro groups is 1. The molecule has 0 N–H and O–H groups in total. The maximum absolute atomic E-state index is 13.1. The second kappa shape index (κ2) is 6.86. The summed E-state index contributed by atoms with van der Waals surface area (Å²) in [4.78, 5) is 10.5. The molecule has 0 atom stereocenters. The maximum Gasteiger partial charge on any atom is 0.270 e. The van der Waals surface area contributed by atoms with E-state index in [1.54, 1.807) is 6.92 Å². The molecular weight excluding hydrogens is 380 g/mol. The summed E-state index contributed by atoms with van der Waals surface area (Å²) in [5.74, 6) is 0.889. The Hall–Kier alpha value is -2.45. The molecule has 0 radical (unpaired) electrons. The zero-order valence-electron chi connectivity index (χ0n) is 15.6. The highest BCUT2D eigenvalue weighted by Gasteiger charge is 2.42. The van der Waals surface area contributed by atoms with Crippen molar-refractivity contribution in [3.8, 4) is 5.75 Å². The summed E-state index contributed by atoms with van der Waals surface area (Å²) in [5.41, 5.74) is 1.15. The Balaban J connectivity index is 1.54. The Morgan fingerprint density at radius 1 is 1.11 bits per heavy atom. The van der Waals surface area contributed by atoms with Crippen molar-refractivity contribution in [3.63, 3.8) is 0 Å². The van der Waals surface area contributed by atoms with E-state index in [1.807, 2.05) is 18.2 Å². The maximum atomic E-state index is 13.1. The molecule has 0 saturated carbocycles. The van der Waals surface area contributed by atoms with E-state index in [0.29, 0.717) is 31.5 Å². The van der Waals surface area contributed by atoms with E-state index >= 15 is 0 Å². The predicted molar refractivity (Wildman–Crippen MR) is 104 cm³/mol. The van der Waals surface area contributed by atoms with Crippen molar-refractivity contribution < 1.29 is 18.1 Å². The van der Waals surface area contributed by atoms with Gasteiger partial charge in [-0.2, -0.15) is 4.31 Å². The number of hydrogen-bond acceptors (Lipinski definition) is 5. The second-order valence-corrected chi connectivity index (χ2v) is 9.41. The first-order valence-corrected chi connectivity index (χ1v) is 10.8. The Kier molecular flexibility index (Phi) is 4.63. The third-order valence-corrected chi connectivity index (χ3v) is 7.82. The minimum Gasteiger partial charge on any atom is -0.487 e. The molecule has 0 bridgehead atoms. The number of benzene rings is 2. The van der Waals surface area contributed by atoms with E-state index in [9.17, 15) is 18.5 Å². The zero-order chi connectivity index (χ0) is 19.9. The second-order valence-electron chi connectivity index (χ2n) is 7.50. The van der Waals surface area contributed by atoms with Crippen LogP contribution in [0.4, 0.5) is 5.69 Å². The number of sulfonamides is 1. The number of fused-ring (bicyclic) bond motifs is 1. The third kappa shape index (κ3) is 3.27. The molecule has 2 aromatic carbocycles. The summed E-state index contributed by atoms with van der Waals surface area (Å²) in [6.07, 6.45) is 3.00. The van der Waals surface area contributed by atoms with E-state index in [0.717, 1.165) is 24.7 Å². The predicted octanol–water partition coefficient (Wildman–Crippen LogP) is 3.45. The molecule has 2 aliphatic rings. The van der Waals surface area contributed by atoms with Gasteiger partial charge in [0.15, 0.2) is 0 Å². The Bertz CT molecular complexity index is 1030. The van der Waals surface area contributed by atoms with Gasteiger partial charge >= 0.3 is 0 Å². The van der Waals surface area contributed by atoms with Gasteiger partial charge < -0.3 is 4.74 Å². The van der Waals surface area contributed by atoms with Crippen LogP contribution >= 0.6 is 0 Å². The Labute approximate surface area is 164 Å². The van der Waals surface area contributed by atoms with Gasteiger partial charge in [0.2, 0.25) is 10.0 Å².